The summed E-state index contributed by atoms with van der Waals surface area (Å²) in [6.07, 6.45) is 6.34. The van der Waals surface area contributed by atoms with Crippen LogP contribution in [0.1, 0.15) is 69.2 Å². The van der Waals surface area contributed by atoms with E-state index >= 15 is 0 Å². The molecule has 1 aromatic rings. The second kappa shape index (κ2) is 11.4. The van der Waals surface area contributed by atoms with Crippen LogP contribution in [0, 0.1) is 0 Å². The van der Waals surface area contributed by atoms with Crippen molar-refractivity contribution in [2.75, 3.05) is 6.54 Å². The summed E-state index contributed by atoms with van der Waals surface area (Å²) in [5.74, 6) is -1.17. The minimum Gasteiger partial charge on any atom is -0.485 e. The van der Waals surface area contributed by atoms with Crippen molar-refractivity contribution in [2.45, 2.75) is 71.0 Å². The molecule has 160 valence electrons. The van der Waals surface area contributed by atoms with Crippen molar-refractivity contribution in [3.05, 3.63) is 17.8 Å². The minimum atomic E-state index is -1.02. The van der Waals surface area contributed by atoms with Gasteiger partial charge < -0.3 is 19.9 Å². The number of carbonyl (C=O) groups excluding carboxylic acids is 3. The highest BCUT2D eigenvalue weighted by atomic mass is 16.6. The highest BCUT2D eigenvalue weighted by molar-refractivity contribution is 5.93. The van der Waals surface area contributed by atoms with Crippen molar-refractivity contribution in [1.29, 1.82) is 0 Å². The predicted molar refractivity (Wildman–Crippen MR) is 105 cm³/mol. The van der Waals surface area contributed by atoms with E-state index in [1.807, 2.05) is 19.2 Å². The summed E-state index contributed by atoms with van der Waals surface area (Å²) in [5.41, 5.74) is 5.37. The Balaban J connectivity index is 2.20. The Labute approximate surface area is 170 Å². The van der Waals surface area contributed by atoms with Crippen molar-refractivity contribution in [3.8, 4) is 11.6 Å². The maximum absolute atomic E-state index is 12.4. The topological polar surface area (TPSA) is 130 Å². The van der Waals surface area contributed by atoms with Crippen LogP contribution >= 0.6 is 0 Å². The number of esters is 1. The molecule has 1 heterocycles. The van der Waals surface area contributed by atoms with Crippen LogP contribution in [0.15, 0.2) is 12.3 Å². The van der Waals surface area contributed by atoms with Crippen LogP contribution in [-0.2, 0) is 9.53 Å². The lowest BCUT2D eigenvalue weighted by molar-refractivity contribution is -0.118. The third kappa shape index (κ3) is 7.01. The van der Waals surface area contributed by atoms with Crippen LogP contribution < -0.4 is 20.5 Å². The lowest BCUT2D eigenvalue weighted by Gasteiger charge is -2.24. The van der Waals surface area contributed by atoms with Gasteiger partial charge in [-0.05, 0) is 38.5 Å². The fourth-order valence-electron chi connectivity index (χ4n) is 3.02. The van der Waals surface area contributed by atoms with Crippen LogP contribution in [0.5, 0.6) is 11.6 Å². The summed E-state index contributed by atoms with van der Waals surface area (Å²) in [4.78, 5) is 39.6. The fourth-order valence-corrected chi connectivity index (χ4v) is 3.02. The molecule has 29 heavy (non-hydrogen) atoms. The zero-order valence-corrected chi connectivity index (χ0v) is 16.9. The van der Waals surface area contributed by atoms with Crippen molar-refractivity contribution in [1.82, 2.24) is 10.3 Å². The Bertz CT molecular complexity index is 714. The van der Waals surface area contributed by atoms with Gasteiger partial charge in [0, 0.05) is 12.3 Å². The van der Waals surface area contributed by atoms with Crippen LogP contribution in [0.3, 0.4) is 0 Å². The average molecular weight is 407 g/mol. The van der Waals surface area contributed by atoms with E-state index in [1.54, 1.807) is 0 Å². The van der Waals surface area contributed by atoms with Gasteiger partial charge in [0.1, 0.15) is 6.10 Å². The number of ether oxygens (including phenoxy) is 3. The van der Waals surface area contributed by atoms with Crippen molar-refractivity contribution < 1.29 is 28.6 Å². The number of amides is 2. The molecule has 1 aromatic heterocycles. The number of carbonyl (C=O) groups is 3. The van der Waals surface area contributed by atoms with Gasteiger partial charge in [-0.1, -0.05) is 20.3 Å². The van der Waals surface area contributed by atoms with E-state index in [2.05, 4.69) is 4.98 Å². The molecule has 0 bridgehead atoms. The summed E-state index contributed by atoms with van der Waals surface area (Å²) < 4.78 is 16.5. The first kappa shape index (κ1) is 22.6. The number of imide groups is 1. The van der Waals surface area contributed by atoms with Crippen LogP contribution in [0.4, 0.5) is 4.79 Å². The van der Waals surface area contributed by atoms with Crippen LogP contribution in [0.2, 0.25) is 0 Å². The molecule has 2 rings (SSSR count). The molecular weight excluding hydrogens is 378 g/mol. The molecule has 0 unspecified atom stereocenters. The van der Waals surface area contributed by atoms with E-state index in [4.69, 9.17) is 19.9 Å². The number of hydrogen-bond acceptors (Lipinski definition) is 8. The lowest BCUT2D eigenvalue weighted by atomic mass is 9.98. The molecule has 0 aromatic carbocycles. The first-order valence-electron chi connectivity index (χ1n) is 10.1. The molecule has 1 saturated carbocycles. The standard InChI is InChI=1S/C20H29N3O6/c1-3-14(4-2)28-19(25)13-10-16(27-15-8-6-5-7-9-15)18(22-12-13)29-20(26)23-17(24)11-21/h10,12,14-15H,3-9,11,21H2,1-2H3,(H,23,24,26). The Hall–Kier alpha value is -2.68. The number of nitrogens with two attached hydrogens (primary N) is 1. The third-order valence-corrected chi connectivity index (χ3v) is 4.70. The Morgan fingerprint density at radius 2 is 1.90 bits per heavy atom. The smallest absolute Gasteiger partial charge is 0.420 e. The first-order valence-corrected chi connectivity index (χ1v) is 10.1. The zero-order valence-electron chi connectivity index (χ0n) is 16.9. The number of aromatic nitrogens is 1. The van der Waals surface area contributed by atoms with Crippen LogP contribution in [-0.4, -0.2) is 41.7 Å². The number of rotatable bonds is 8. The van der Waals surface area contributed by atoms with Gasteiger partial charge in [-0.25, -0.2) is 14.6 Å². The van der Waals surface area contributed by atoms with E-state index in [9.17, 15) is 14.4 Å². The van der Waals surface area contributed by atoms with Crippen molar-refractivity contribution in [3.63, 3.8) is 0 Å². The predicted octanol–water partition coefficient (Wildman–Crippen LogP) is 2.71. The van der Waals surface area contributed by atoms with Crippen LogP contribution in [0.25, 0.3) is 0 Å². The van der Waals surface area contributed by atoms with Gasteiger partial charge in [0.2, 0.25) is 5.91 Å². The van der Waals surface area contributed by atoms with Crippen molar-refractivity contribution in [2.24, 2.45) is 5.73 Å². The monoisotopic (exact) mass is 407 g/mol. The SMILES string of the molecule is CCC(CC)OC(=O)c1cnc(OC(=O)NC(=O)CN)c(OC2CCCCC2)c1. The first-order chi connectivity index (χ1) is 14.0. The lowest BCUT2D eigenvalue weighted by Crippen LogP contribution is -2.37. The molecule has 2 amide bonds. The molecule has 9 heteroatoms. The molecule has 0 saturated heterocycles. The summed E-state index contributed by atoms with van der Waals surface area (Å²) in [6, 6.07) is 1.46. The molecule has 9 nitrogen and oxygen atoms in total. The summed E-state index contributed by atoms with van der Waals surface area (Å²) in [6.45, 7) is 3.53. The van der Waals surface area contributed by atoms with Crippen molar-refractivity contribution >= 4 is 18.0 Å². The van der Waals surface area contributed by atoms with Gasteiger partial charge in [-0.3, -0.25) is 10.1 Å². The molecule has 0 radical (unpaired) electrons. The fraction of sp³-hybridized carbons (Fsp3) is 0.600. The Morgan fingerprint density at radius 1 is 1.21 bits per heavy atom. The van der Waals surface area contributed by atoms with Gasteiger partial charge >= 0.3 is 12.1 Å². The largest absolute Gasteiger partial charge is 0.485 e. The molecule has 0 atom stereocenters. The molecule has 0 spiro atoms. The number of nitrogens with zero attached hydrogens (tertiary/aromatic N) is 1. The Morgan fingerprint density at radius 3 is 2.52 bits per heavy atom. The zero-order chi connectivity index (χ0) is 21.2. The maximum atomic E-state index is 12.4. The highest BCUT2D eigenvalue weighted by Gasteiger charge is 2.22. The summed E-state index contributed by atoms with van der Waals surface area (Å²) in [5, 5.41) is 1.98. The van der Waals surface area contributed by atoms with Gasteiger partial charge in [-0.15, -0.1) is 0 Å². The van der Waals surface area contributed by atoms with E-state index in [1.165, 1.54) is 12.3 Å². The summed E-state index contributed by atoms with van der Waals surface area (Å²) >= 11 is 0. The molecule has 1 aliphatic carbocycles. The molecule has 1 fully saturated rings. The highest BCUT2D eigenvalue weighted by Crippen LogP contribution is 2.31. The maximum Gasteiger partial charge on any atom is 0.420 e. The van der Waals surface area contributed by atoms with Gasteiger partial charge in [0.15, 0.2) is 5.75 Å². The number of pyridine rings is 1. The second-order valence-corrected chi connectivity index (χ2v) is 6.89. The molecular formula is C20H29N3O6. The van der Waals surface area contributed by atoms with E-state index < -0.39 is 18.0 Å². The van der Waals surface area contributed by atoms with E-state index in [0.29, 0.717) is 12.8 Å². The molecule has 0 aliphatic heterocycles. The Kier molecular flexibility index (Phi) is 8.85. The minimum absolute atomic E-state index is 0.0630. The quantitative estimate of drug-likeness (QED) is 0.629. The number of nitrogens with one attached hydrogen (secondary N) is 1. The molecule has 3 N–H and O–H groups in total. The average Bonchev–Trinajstić information content (AvgIpc) is 2.73. The van der Waals surface area contributed by atoms with Gasteiger partial charge in [-0.2, -0.15) is 0 Å². The van der Waals surface area contributed by atoms with E-state index in [-0.39, 0.29) is 35.9 Å². The normalized spacial score (nSPS) is 14.3. The third-order valence-electron chi connectivity index (χ3n) is 4.70. The van der Waals surface area contributed by atoms with E-state index in [0.717, 1.165) is 32.1 Å². The second-order valence-electron chi connectivity index (χ2n) is 6.89. The van der Waals surface area contributed by atoms with Gasteiger partial charge in [0.25, 0.3) is 5.88 Å². The van der Waals surface area contributed by atoms with Gasteiger partial charge in [0.05, 0.1) is 18.2 Å². The molecule has 1 aliphatic rings. The summed E-state index contributed by atoms with van der Waals surface area (Å²) in [7, 11) is 0. The number of hydrogen-bond donors (Lipinski definition) is 2.